The zero-order chi connectivity index (χ0) is 59.8. The fourth-order valence-corrected chi connectivity index (χ4v) is 7.98. The van der Waals surface area contributed by atoms with Crippen molar-refractivity contribution < 1.29 is 93.2 Å². The maximum absolute atomic E-state index is 14.2. The van der Waals surface area contributed by atoms with E-state index in [2.05, 4.69) is 44.1 Å². The molecule has 1 aliphatic rings. The van der Waals surface area contributed by atoms with Crippen LogP contribution in [0.25, 0.3) is 0 Å². The predicted molar refractivity (Wildman–Crippen MR) is 279 cm³/mol. The van der Waals surface area contributed by atoms with Gasteiger partial charge in [0.05, 0.1) is 37.2 Å². The van der Waals surface area contributed by atoms with Crippen LogP contribution >= 0.6 is 11.6 Å². The first-order valence-corrected chi connectivity index (χ1v) is 26.7. The van der Waals surface area contributed by atoms with Gasteiger partial charge in [0.25, 0.3) is 5.91 Å². The average molecular weight is 1150 g/mol. The van der Waals surface area contributed by atoms with Crippen LogP contribution in [0, 0.1) is 0 Å². The van der Waals surface area contributed by atoms with Gasteiger partial charge in [0.2, 0.25) is 41.4 Å². The Morgan fingerprint density at radius 3 is 1.90 bits per heavy atom. The lowest BCUT2D eigenvalue weighted by Gasteiger charge is -2.33. The van der Waals surface area contributed by atoms with Crippen molar-refractivity contribution >= 4 is 76.8 Å². The van der Waals surface area contributed by atoms with E-state index in [4.69, 9.17) is 27.8 Å². The number of aliphatic hydroxyl groups excluding tert-OH is 5. The molecule has 0 radical (unpaired) electrons. The quantitative estimate of drug-likeness (QED) is 0.0166. The van der Waals surface area contributed by atoms with Gasteiger partial charge in [0, 0.05) is 13.0 Å². The molecule has 20 N–H and O–H groups in total. The number of hydrogen-bond acceptors (Lipinski definition) is 20. The van der Waals surface area contributed by atoms with Gasteiger partial charge in [-0.1, -0.05) is 70.8 Å². The number of hydrogen-bond donors (Lipinski definition) is 18. The van der Waals surface area contributed by atoms with Gasteiger partial charge in [-0.15, -0.1) is 11.6 Å². The molecule has 1 rings (SSSR count). The molecular weight excluding hydrogens is 1070 g/mol. The molecule has 79 heavy (non-hydrogen) atoms. The first-order chi connectivity index (χ1) is 37.4. The van der Waals surface area contributed by atoms with E-state index < -0.39 is 189 Å². The molecule has 11 atom stereocenters. The van der Waals surface area contributed by atoms with Crippen molar-refractivity contribution in [3.63, 3.8) is 0 Å². The van der Waals surface area contributed by atoms with Crippen LogP contribution in [0.3, 0.4) is 0 Å². The minimum atomic E-state index is -2.83. The van der Waals surface area contributed by atoms with Crippen molar-refractivity contribution in [2.45, 2.75) is 183 Å². The van der Waals surface area contributed by atoms with Gasteiger partial charge in [-0.05, 0) is 52.6 Å². The summed E-state index contributed by atoms with van der Waals surface area (Å²) in [5.74, 6) is -16.9. The lowest BCUT2D eigenvalue weighted by molar-refractivity contribution is -0.156. The number of carboxylic acids is 2. The van der Waals surface area contributed by atoms with Gasteiger partial charge >= 0.3 is 17.9 Å². The van der Waals surface area contributed by atoms with E-state index in [1.807, 2.05) is 10.6 Å². The summed E-state index contributed by atoms with van der Waals surface area (Å²) in [6.07, 6.45) is -0.161. The molecule has 0 aromatic rings. The molecule has 450 valence electrons. The van der Waals surface area contributed by atoms with Crippen molar-refractivity contribution in [1.82, 2.24) is 47.9 Å². The van der Waals surface area contributed by atoms with Crippen molar-refractivity contribution in [2.75, 3.05) is 38.7 Å². The maximum atomic E-state index is 14.2. The number of allylic oxidation sites excluding steroid dienone is 1. The molecule has 31 heteroatoms. The summed E-state index contributed by atoms with van der Waals surface area (Å²) in [5.41, 5.74) is 7.93. The zero-order valence-electron chi connectivity index (χ0n) is 44.8. The summed E-state index contributed by atoms with van der Waals surface area (Å²) in [4.78, 5) is 148. The molecule has 1 heterocycles. The number of amides is 8. The van der Waals surface area contributed by atoms with Gasteiger partial charge < -0.3 is 94.5 Å². The number of carbonyl (C=O) groups is 11. The molecule has 1 saturated heterocycles. The number of unbranched alkanes of at least 4 members (excludes halogenated alkanes) is 8. The standard InChI is InChI=1S/C48H82ClN11O19/c1-4-6-7-8-9-10-11-12-13-15-27(63)22-33(65)54-31-25-79-46(76)36(32(64)23-49)58-44(73)37(38(67)45(74)75)59-39(68)28(5-2)55-43(72)35(26(3)62)57-41(70)29(16-14-19-50)56-40(69)30(17-21-61)53-34(66)24-52-48(18-20-51,47(77)78)60-42(31)71/h5,26-27,29-32,35-38,52,61-64,67H,4,6-25,50-51H2,1-3H3,(H,53,66)(H,54,65)(H,55,72)(H,56,69)(H,57,70)(H,58,73)(H,59,68)(H,60,71)(H,74,75)(H,77,78). The van der Waals surface area contributed by atoms with Crippen molar-refractivity contribution in [3.8, 4) is 0 Å². The number of aliphatic carboxylic acids is 2. The molecule has 8 amide bonds. The fraction of sp³-hybridized carbons (Fsp3) is 0.729. The van der Waals surface area contributed by atoms with Crippen LogP contribution in [0.2, 0.25) is 0 Å². The van der Waals surface area contributed by atoms with E-state index in [9.17, 15) is 88.5 Å². The topological polar surface area (TPSA) is 499 Å². The molecule has 0 aromatic heterocycles. The Labute approximate surface area is 462 Å². The third kappa shape index (κ3) is 25.3. The van der Waals surface area contributed by atoms with E-state index in [-0.39, 0.29) is 25.8 Å². The summed E-state index contributed by atoms with van der Waals surface area (Å²) in [6.45, 7) is 0.785. The van der Waals surface area contributed by atoms with Gasteiger partial charge in [-0.3, -0.25) is 43.7 Å². The molecule has 11 unspecified atom stereocenters. The lowest BCUT2D eigenvalue weighted by Crippen LogP contribution is -2.69. The Kier molecular flexibility index (Phi) is 33.8. The van der Waals surface area contributed by atoms with E-state index in [0.717, 1.165) is 64.4 Å². The Balaban J connectivity index is 3.94. The molecule has 0 spiro atoms. The average Bonchev–Trinajstić information content (AvgIpc) is 3.40. The summed E-state index contributed by atoms with van der Waals surface area (Å²) >= 11 is 5.83. The largest absolute Gasteiger partial charge is 0.479 e. The van der Waals surface area contributed by atoms with Crippen LogP contribution < -0.4 is 59.3 Å². The number of rotatable bonds is 26. The number of esters is 1. The smallest absolute Gasteiger partial charge is 0.344 e. The minimum Gasteiger partial charge on any atom is -0.479 e. The van der Waals surface area contributed by atoms with Gasteiger partial charge in [-0.25, -0.2) is 14.4 Å². The van der Waals surface area contributed by atoms with Crippen LogP contribution in [-0.4, -0.2) is 206 Å². The van der Waals surface area contributed by atoms with E-state index >= 15 is 0 Å². The first-order valence-electron chi connectivity index (χ1n) is 26.1. The van der Waals surface area contributed by atoms with Gasteiger partial charge in [0.15, 0.2) is 17.8 Å². The Hall–Kier alpha value is -6.12. The number of nitrogens with one attached hydrogen (secondary N) is 9. The number of carboxylic acid groups (broad SMARTS) is 2. The number of ether oxygens (including phenoxy) is 1. The summed E-state index contributed by atoms with van der Waals surface area (Å²) < 4.78 is 5.24. The lowest BCUT2D eigenvalue weighted by atomic mass is 10.0. The predicted octanol–water partition coefficient (Wildman–Crippen LogP) is -5.47. The molecule has 0 saturated carbocycles. The second-order valence-corrected chi connectivity index (χ2v) is 19.1. The van der Waals surface area contributed by atoms with Gasteiger partial charge in [-0.2, -0.15) is 0 Å². The minimum absolute atomic E-state index is 0.0323. The van der Waals surface area contributed by atoms with Crippen molar-refractivity contribution in [1.29, 1.82) is 0 Å². The number of alkyl halides is 1. The number of carbonyl (C=O) groups excluding carboxylic acids is 9. The Bertz CT molecular complexity index is 2070. The number of aliphatic hydroxyl groups is 5. The summed E-state index contributed by atoms with van der Waals surface area (Å²) in [7, 11) is 0. The molecule has 0 bridgehead atoms. The second kappa shape index (κ2) is 37.7. The van der Waals surface area contributed by atoms with Crippen LogP contribution in [0.4, 0.5) is 0 Å². The summed E-state index contributed by atoms with van der Waals surface area (Å²) in [5, 5.41) is 92.3. The maximum Gasteiger partial charge on any atom is 0.344 e. The highest BCUT2D eigenvalue weighted by atomic mass is 35.5. The molecule has 0 aliphatic carbocycles. The summed E-state index contributed by atoms with van der Waals surface area (Å²) in [6, 6.07) is -12.2. The Morgan fingerprint density at radius 2 is 1.35 bits per heavy atom. The van der Waals surface area contributed by atoms with E-state index in [0.29, 0.717) is 6.42 Å². The van der Waals surface area contributed by atoms with E-state index in [1.165, 1.54) is 6.92 Å². The number of nitrogens with two attached hydrogens (primary N) is 2. The van der Waals surface area contributed by atoms with E-state index in [1.54, 1.807) is 0 Å². The third-order valence-electron chi connectivity index (χ3n) is 12.4. The highest BCUT2D eigenvalue weighted by Crippen LogP contribution is 2.14. The monoisotopic (exact) mass is 1150 g/mol. The zero-order valence-corrected chi connectivity index (χ0v) is 45.5. The fourth-order valence-electron chi connectivity index (χ4n) is 7.80. The highest BCUT2D eigenvalue weighted by Gasteiger charge is 2.43. The molecular formula is C48H82ClN11O19. The third-order valence-corrected chi connectivity index (χ3v) is 12.7. The van der Waals surface area contributed by atoms with Crippen molar-refractivity contribution in [2.24, 2.45) is 11.5 Å². The van der Waals surface area contributed by atoms with Crippen molar-refractivity contribution in [3.05, 3.63) is 11.8 Å². The second-order valence-electron chi connectivity index (χ2n) is 18.8. The van der Waals surface area contributed by atoms with Crippen LogP contribution in [0.5, 0.6) is 0 Å². The number of halogens is 1. The number of cyclic esters (lactones) is 1. The Morgan fingerprint density at radius 1 is 0.759 bits per heavy atom. The molecule has 1 aliphatic heterocycles. The molecule has 1 fully saturated rings. The molecule has 30 nitrogen and oxygen atoms in total. The highest BCUT2D eigenvalue weighted by molar-refractivity contribution is 6.18. The van der Waals surface area contributed by atoms with Crippen LogP contribution in [0.15, 0.2) is 11.8 Å². The van der Waals surface area contributed by atoms with Gasteiger partial charge in [0.1, 0.15) is 42.5 Å². The normalized spacial score (nSPS) is 25.1. The first kappa shape index (κ1) is 70.9. The van der Waals surface area contributed by atoms with Crippen LogP contribution in [0.1, 0.15) is 117 Å². The molecule has 0 aromatic carbocycles. The van der Waals surface area contributed by atoms with Crippen LogP contribution in [-0.2, 0) is 57.5 Å². The SMILES string of the molecule is CC=C1NC(=O)C(C(C)O)NC(=O)C(CCCN)NC(=O)C(CCO)NC(=O)CNC(CCN)(C(=O)O)NC(=O)C(NC(=O)CC(O)CCCCCCCCCCC)COC(=O)C(C(O)CCl)NC(=O)C(C(O)C(=O)O)NC1=O.